The first-order valence-corrected chi connectivity index (χ1v) is 10.6. The van der Waals surface area contributed by atoms with Gasteiger partial charge in [-0.3, -0.25) is 0 Å². The van der Waals surface area contributed by atoms with E-state index in [9.17, 15) is 21.6 Å². The van der Waals surface area contributed by atoms with Gasteiger partial charge in [0.25, 0.3) is 0 Å². The van der Waals surface area contributed by atoms with Crippen LogP contribution < -0.4 is 10.2 Å². The summed E-state index contributed by atoms with van der Waals surface area (Å²) in [4.78, 5) is 10.6. The Morgan fingerprint density at radius 2 is 1.69 bits per heavy atom. The van der Waals surface area contributed by atoms with Gasteiger partial charge in [-0.15, -0.1) is 0 Å². The molecule has 0 saturated carbocycles. The summed E-state index contributed by atoms with van der Waals surface area (Å²) in [6.07, 6.45) is -4.51. The molecule has 2 aromatic rings. The molecule has 0 aliphatic carbocycles. The Hall–Kier alpha value is -2.40. The Kier molecular flexibility index (Phi) is 5.99. The molecule has 1 aliphatic heterocycles. The van der Waals surface area contributed by atoms with Crippen LogP contribution in [-0.4, -0.2) is 55.4 Å². The molecule has 0 amide bonds. The van der Waals surface area contributed by atoms with Crippen molar-refractivity contribution in [2.24, 2.45) is 0 Å². The van der Waals surface area contributed by atoms with Gasteiger partial charge in [0.2, 0.25) is 16.0 Å². The number of hydrogen-bond acceptors (Lipinski definition) is 6. The summed E-state index contributed by atoms with van der Waals surface area (Å²) in [6.45, 7) is 5.69. The number of piperazine rings is 1. The first-order chi connectivity index (χ1) is 13.6. The van der Waals surface area contributed by atoms with Crippen LogP contribution in [-0.2, 0) is 16.2 Å². The zero-order chi connectivity index (χ0) is 21.2. The van der Waals surface area contributed by atoms with Crippen molar-refractivity contribution >= 4 is 21.8 Å². The Morgan fingerprint density at radius 3 is 2.24 bits per heavy atom. The fourth-order valence-corrected chi connectivity index (χ4v) is 4.48. The molecule has 0 unspecified atom stereocenters. The van der Waals surface area contributed by atoms with E-state index in [0.717, 1.165) is 36.5 Å². The summed E-state index contributed by atoms with van der Waals surface area (Å²) in [5.41, 5.74) is -0.0832. The fourth-order valence-electron chi connectivity index (χ4n) is 3.06. The molecular weight excluding hydrogens is 407 g/mol. The quantitative estimate of drug-likeness (QED) is 0.788. The van der Waals surface area contributed by atoms with Crippen LogP contribution in [0.5, 0.6) is 0 Å². The van der Waals surface area contributed by atoms with E-state index in [0.29, 0.717) is 24.9 Å². The highest BCUT2D eigenvalue weighted by atomic mass is 32.2. The van der Waals surface area contributed by atoms with Gasteiger partial charge in [-0.2, -0.15) is 22.5 Å². The standard InChI is InChI=1S/C18H22F3N5O2S/c1-3-22-16-12-13(2)23-17(24-16)25-8-10-26(11-9-25)29(27,28)15-6-4-14(5-7-15)18(19,20)21/h4-7,12H,3,8-11H2,1-2H3,(H,22,23,24). The number of anilines is 2. The largest absolute Gasteiger partial charge is 0.416 e. The molecule has 1 fully saturated rings. The Balaban J connectivity index is 1.71. The lowest BCUT2D eigenvalue weighted by atomic mass is 10.2. The average molecular weight is 429 g/mol. The van der Waals surface area contributed by atoms with Crippen molar-refractivity contribution in [1.29, 1.82) is 0 Å². The maximum Gasteiger partial charge on any atom is 0.416 e. The first-order valence-electron chi connectivity index (χ1n) is 9.13. The predicted octanol–water partition coefficient (Wildman–Crippen LogP) is 2.75. The summed E-state index contributed by atoms with van der Waals surface area (Å²) >= 11 is 0. The Labute approximate surface area is 167 Å². The zero-order valence-electron chi connectivity index (χ0n) is 16.1. The number of aromatic nitrogens is 2. The van der Waals surface area contributed by atoms with Crippen molar-refractivity contribution in [1.82, 2.24) is 14.3 Å². The van der Waals surface area contributed by atoms with Crippen LogP contribution in [0.4, 0.5) is 24.9 Å². The van der Waals surface area contributed by atoms with Gasteiger partial charge in [-0.1, -0.05) is 0 Å². The second-order valence-corrected chi connectivity index (χ2v) is 8.58. The van der Waals surface area contributed by atoms with Gasteiger partial charge in [0.05, 0.1) is 10.5 Å². The van der Waals surface area contributed by atoms with Gasteiger partial charge < -0.3 is 10.2 Å². The fraction of sp³-hybridized carbons (Fsp3) is 0.444. The maximum absolute atomic E-state index is 12.8. The normalized spacial score (nSPS) is 16.1. The van der Waals surface area contributed by atoms with Gasteiger partial charge >= 0.3 is 6.18 Å². The van der Waals surface area contributed by atoms with Crippen LogP contribution in [0.25, 0.3) is 0 Å². The van der Waals surface area contributed by atoms with Crippen molar-refractivity contribution in [2.75, 3.05) is 42.9 Å². The minimum Gasteiger partial charge on any atom is -0.370 e. The minimum absolute atomic E-state index is 0.153. The molecule has 1 saturated heterocycles. The van der Waals surface area contributed by atoms with Gasteiger partial charge in [0.15, 0.2) is 0 Å². The molecule has 2 heterocycles. The van der Waals surface area contributed by atoms with Gasteiger partial charge in [0.1, 0.15) is 5.82 Å². The molecule has 29 heavy (non-hydrogen) atoms. The number of sulfonamides is 1. The highest BCUT2D eigenvalue weighted by Crippen LogP contribution is 2.30. The second-order valence-electron chi connectivity index (χ2n) is 6.64. The number of alkyl halides is 3. The lowest BCUT2D eigenvalue weighted by Gasteiger charge is -2.34. The van der Waals surface area contributed by atoms with Crippen molar-refractivity contribution < 1.29 is 21.6 Å². The molecule has 0 atom stereocenters. The van der Waals surface area contributed by atoms with E-state index < -0.39 is 21.8 Å². The highest BCUT2D eigenvalue weighted by Gasteiger charge is 2.33. The Bertz CT molecular complexity index is 956. The summed E-state index contributed by atoms with van der Waals surface area (Å²) in [5, 5.41) is 3.13. The van der Waals surface area contributed by atoms with Crippen LogP contribution in [0.2, 0.25) is 0 Å². The first kappa shape index (κ1) is 21.3. The molecule has 3 rings (SSSR count). The highest BCUT2D eigenvalue weighted by molar-refractivity contribution is 7.89. The van der Waals surface area contributed by atoms with E-state index in [2.05, 4.69) is 15.3 Å². The van der Waals surface area contributed by atoms with Crippen molar-refractivity contribution in [3.8, 4) is 0 Å². The number of nitrogens with zero attached hydrogens (tertiary/aromatic N) is 4. The van der Waals surface area contributed by atoms with E-state index in [1.54, 1.807) is 0 Å². The summed E-state index contributed by atoms with van der Waals surface area (Å²) < 4.78 is 64.9. The topological polar surface area (TPSA) is 78.4 Å². The smallest absolute Gasteiger partial charge is 0.370 e. The molecular formula is C18H22F3N5O2S. The summed E-state index contributed by atoms with van der Waals surface area (Å²) in [6, 6.07) is 5.39. The molecule has 1 aromatic carbocycles. The molecule has 7 nitrogen and oxygen atoms in total. The second kappa shape index (κ2) is 8.15. The number of nitrogens with one attached hydrogen (secondary N) is 1. The number of hydrogen-bond donors (Lipinski definition) is 1. The van der Waals surface area contributed by atoms with Crippen molar-refractivity contribution in [3.63, 3.8) is 0 Å². The van der Waals surface area contributed by atoms with Crippen molar-refractivity contribution in [2.45, 2.75) is 24.9 Å². The number of aryl methyl sites for hydroxylation is 1. The van der Waals surface area contributed by atoms with Gasteiger partial charge in [0, 0.05) is 44.5 Å². The molecule has 0 radical (unpaired) electrons. The number of rotatable bonds is 5. The number of benzene rings is 1. The van der Waals surface area contributed by atoms with E-state index in [1.807, 2.05) is 24.8 Å². The molecule has 158 valence electrons. The third kappa shape index (κ3) is 4.78. The van der Waals surface area contributed by atoms with E-state index in [-0.39, 0.29) is 18.0 Å². The lowest BCUT2D eigenvalue weighted by molar-refractivity contribution is -0.137. The minimum atomic E-state index is -4.51. The average Bonchev–Trinajstić information content (AvgIpc) is 2.67. The summed E-state index contributed by atoms with van der Waals surface area (Å²) in [5.74, 6) is 1.22. The van der Waals surface area contributed by atoms with Crippen LogP contribution in [0.1, 0.15) is 18.2 Å². The zero-order valence-corrected chi connectivity index (χ0v) is 16.9. The third-order valence-corrected chi connectivity index (χ3v) is 6.45. The summed E-state index contributed by atoms with van der Waals surface area (Å²) in [7, 11) is -3.87. The maximum atomic E-state index is 12.8. The van der Waals surface area contributed by atoms with E-state index >= 15 is 0 Å². The lowest BCUT2D eigenvalue weighted by Crippen LogP contribution is -2.49. The van der Waals surface area contributed by atoms with Crippen molar-refractivity contribution in [3.05, 3.63) is 41.6 Å². The molecule has 1 N–H and O–H groups in total. The van der Waals surface area contributed by atoms with Crippen LogP contribution >= 0.6 is 0 Å². The van der Waals surface area contributed by atoms with Gasteiger partial charge in [-0.25, -0.2) is 13.4 Å². The van der Waals surface area contributed by atoms with Crippen LogP contribution in [0.3, 0.4) is 0 Å². The third-order valence-electron chi connectivity index (χ3n) is 4.54. The molecule has 1 aliphatic rings. The van der Waals surface area contributed by atoms with Crippen LogP contribution in [0, 0.1) is 6.92 Å². The molecule has 1 aromatic heterocycles. The van der Waals surface area contributed by atoms with Crippen LogP contribution in [0.15, 0.2) is 35.2 Å². The monoisotopic (exact) mass is 429 g/mol. The SMILES string of the molecule is CCNc1cc(C)nc(N2CCN(S(=O)(=O)c3ccc(C(F)(F)F)cc3)CC2)n1. The van der Waals surface area contributed by atoms with Gasteiger partial charge in [-0.05, 0) is 38.1 Å². The number of halogens is 3. The molecule has 0 spiro atoms. The molecule has 11 heteroatoms. The predicted molar refractivity (Wildman–Crippen MR) is 103 cm³/mol. The van der Waals surface area contributed by atoms with E-state index in [4.69, 9.17) is 0 Å². The molecule has 0 bridgehead atoms. The van der Waals surface area contributed by atoms with E-state index in [1.165, 1.54) is 4.31 Å². The Morgan fingerprint density at radius 1 is 1.07 bits per heavy atom.